The molecule has 0 bridgehead atoms. The van der Waals surface area contributed by atoms with Gasteiger partial charge in [-0.2, -0.15) is 0 Å². The second-order valence-electron chi connectivity index (χ2n) is 2.25. The van der Waals surface area contributed by atoms with Crippen LogP contribution in [0.3, 0.4) is 0 Å². The normalized spacial score (nSPS) is 9.75. The van der Waals surface area contributed by atoms with Gasteiger partial charge >= 0.3 is 56.8 Å². The van der Waals surface area contributed by atoms with E-state index in [0.29, 0.717) is 0 Å². The molecule has 0 aliphatic carbocycles. The van der Waals surface area contributed by atoms with E-state index in [-0.39, 0.29) is 9.05 Å². The Labute approximate surface area is 57.3 Å². The summed E-state index contributed by atoms with van der Waals surface area (Å²) in [6.07, 6.45) is 1.27. The summed E-state index contributed by atoms with van der Waals surface area (Å²) in [4.78, 5) is 0. The van der Waals surface area contributed by atoms with E-state index in [1.54, 1.807) is 0 Å². The van der Waals surface area contributed by atoms with Crippen LogP contribution in [0.15, 0.2) is 0 Å². The molecule has 3 heteroatoms. The standard InChI is InChI=1S/C5H12P2S/c1-5(2)3-4-8(6)7/h5-6H,3-4H2,1-2H3. The van der Waals surface area contributed by atoms with Gasteiger partial charge in [-0.15, -0.1) is 0 Å². The van der Waals surface area contributed by atoms with Crippen LogP contribution in [0.4, 0.5) is 0 Å². The van der Waals surface area contributed by atoms with E-state index in [4.69, 9.17) is 0 Å². The molecule has 0 heterocycles. The quantitative estimate of drug-likeness (QED) is 0.553. The Morgan fingerprint density at radius 3 is 2.25 bits per heavy atom. The Hall–Kier alpha value is 0.950. The molecule has 0 atom stereocenters. The summed E-state index contributed by atoms with van der Waals surface area (Å²) in [6, 6.07) is 0. The molecule has 0 aromatic heterocycles. The summed E-state index contributed by atoms with van der Waals surface area (Å²) >= 11 is 0. The molecule has 0 N–H and O–H groups in total. The SMILES string of the molecule is CC(C)CCS(#P)=P. The van der Waals surface area contributed by atoms with Crippen LogP contribution in [0.5, 0.6) is 0 Å². The molecule has 0 aliphatic rings. The van der Waals surface area contributed by atoms with Gasteiger partial charge in [0.1, 0.15) is 0 Å². The number of hydrogen-bond donors (Lipinski definition) is 0. The van der Waals surface area contributed by atoms with Crippen LogP contribution in [0.25, 0.3) is 0 Å². The average Bonchev–Trinajstić information content (AvgIpc) is 1.61. The van der Waals surface area contributed by atoms with Gasteiger partial charge in [-0.25, -0.2) is 0 Å². The van der Waals surface area contributed by atoms with E-state index in [2.05, 4.69) is 29.7 Å². The Kier molecular flexibility index (Phi) is 5.36. The fourth-order valence-electron chi connectivity index (χ4n) is 0.347. The summed E-state index contributed by atoms with van der Waals surface area (Å²) in [5.41, 5.74) is 0. The predicted molar refractivity (Wildman–Crippen MR) is 46.9 cm³/mol. The van der Waals surface area contributed by atoms with Crippen molar-refractivity contribution in [2.75, 3.05) is 5.75 Å². The first-order chi connectivity index (χ1) is 3.63. The molecule has 0 amide bonds. The van der Waals surface area contributed by atoms with Crippen molar-refractivity contribution in [3.63, 3.8) is 0 Å². The Bertz CT molecular complexity index is 154. The molecular weight excluding hydrogens is 154 g/mol. The van der Waals surface area contributed by atoms with Crippen molar-refractivity contribution >= 4 is 24.9 Å². The van der Waals surface area contributed by atoms with Crippen LogP contribution in [0.1, 0.15) is 20.3 Å². The maximum absolute atomic E-state index is 4.21. The molecule has 0 aromatic rings. The van der Waals surface area contributed by atoms with Gasteiger partial charge < -0.3 is 0 Å². The zero-order valence-corrected chi connectivity index (χ0v) is 8.06. The molecule has 0 rings (SSSR count). The fourth-order valence-corrected chi connectivity index (χ4v) is 1.71. The van der Waals surface area contributed by atoms with Gasteiger partial charge in [0, 0.05) is 0 Å². The Morgan fingerprint density at radius 1 is 1.62 bits per heavy atom. The summed E-state index contributed by atoms with van der Waals surface area (Å²) in [5, 5.41) is 0. The van der Waals surface area contributed by atoms with Gasteiger partial charge in [0.25, 0.3) is 0 Å². The molecular formula is C5H12P2S. The third-order valence-electron chi connectivity index (χ3n) is 0.889. The average molecular weight is 166 g/mol. The van der Waals surface area contributed by atoms with E-state index in [1.807, 2.05) is 0 Å². The second-order valence-corrected chi connectivity index (χ2v) is 7.22. The van der Waals surface area contributed by atoms with E-state index in [9.17, 15) is 0 Å². The summed E-state index contributed by atoms with van der Waals surface area (Å²) in [6.45, 7) is 4.46. The maximum atomic E-state index is 4.21. The molecule has 8 heavy (non-hydrogen) atoms. The molecule has 0 fully saturated rings. The van der Waals surface area contributed by atoms with Crippen molar-refractivity contribution in [1.29, 1.82) is 0 Å². The van der Waals surface area contributed by atoms with Gasteiger partial charge in [-0.3, -0.25) is 0 Å². The summed E-state index contributed by atoms with van der Waals surface area (Å²) in [7, 11) is 7.82. The molecule has 0 spiro atoms. The second kappa shape index (κ2) is 4.79. The van der Waals surface area contributed by atoms with Gasteiger partial charge in [0.05, 0.1) is 0 Å². The van der Waals surface area contributed by atoms with Crippen LogP contribution in [-0.4, -0.2) is 5.75 Å². The predicted octanol–water partition coefficient (Wildman–Crippen LogP) is 3.03. The van der Waals surface area contributed by atoms with Crippen molar-refractivity contribution in [2.45, 2.75) is 20.3 Å². The van der Waals surface area contributed by atoms with Crippen molar-refractivity contribution in [1.82, 2.24) is 0 Å². The Balaban J connectivity index is 3.23. The first-order valence-corrected chi connectivity index (χ1v) is 6.41. The molecule has 0 nitrogen and oxygen atoms in total. The van der Waals surface area contributed by atoms with Crippen LogP contribution in [-0.2, 0) is 9.05 Å². The number of hydrogen-bond acceptors (Lipinski definition) is 0. The van der Waals surface area contributed by atoms with Crippen molar-refractivity contribution < 1.29 is 0 Å². The van der Waals surface area contributed by atoms with E-state index in [0.717, 1.165) is 5.92 Å². The van der Waals surface area contributed by atoms with E-state index < -0.39 is 0 Å². The minimum absolute atomic E-state index is 0.164. The third-order valence-corrected chi connectivity index (χ3v) is 2.67. The molecule has 0 aliphatic heterocycles. The molecule has 0 aromatic carbocycles. The van der Waals surface area contributed by atoms with E-state index >= 15 is 0 Å². The first-order valence-electron chi connectivity index (χ1n) is 2.74. The van der Waals surface area contributed by atoms with Crippen LogP contribution in [0.2, 0.25) is 0 Å². The van der Waals surface area contributed by atoms with Gasteiger partial charge in [-0.05, 0) is 0 Å². The minimum atomic E-state index is 0.164. The first kappa shape index (κ1) is 8.95. The summed E-state index contributed by atoms with van der Waals surface area (Å²) < 4.78 is 0. The van der Waals surface area contributed by atoms with Crippen LogP contribution >= 0.6 is 15.8 Å². The fraction of sp³-hybridized carbons (Fsp3) is 1.00. The molecule has 0 saturated heterocycles. The zero-order valence-electron chi connectivity index (χ0n) is 5.35. The van der Waals surface area contributed by atoms with E-state index in [1.165, 1.54) is 12.2 Å². The third kappa shape index (κ3) is 6.95. The van der Waals surface area contributed by atoms with Crippen LogP contribution in [0, 0.1) is 5.92 Å². The monoisotopic (exact) mass is 166 g/mol. The zero-order chi connectivity index (χ0) is 6.57. The van der Waals surface area contributed by atoms with Crippen molar-refractivity contribution in [3.05, 3.63) is 0 Å². The topological polar surface area (TPSA) is 0 Å². The van der Waals surface area contributed by atoms with Gasteiger partial charge in [0.2, 0.25) is 0 Å². The van der Waals surface area contributed by atoms with Crippen LogP contribution < -0.4 is 0 Å². The molecule has 48 valence electrons. The summed E-state index contributed by atoms with van der Waals surface area (Å²) in [5.74, 6) is 2.01. The molecule has 0 unspecified atom stereocenters. The van der Waals surface area contributed by atoms with Gasteiger partial charge in [0.15, 0.2) is 0 Å². The van der Waals surface area contributed by atoms with Gasteiger partial charge in [-0.1, -0.05) is 0 Å². The Morgan fingerprint density at radius 2 is 2.12 bits per heavy atom. The number of rotatable bonds is 2. The molecule has 0 saturated carbocycles. The van der Waals surface area contributed by atoms with Crippen molar-refractivity contribution in [3.8, 4) is 0 Å². The molecule has 0 radical (unpaired) electrons. The van der Waals surface area contributed by atoms with Crippen molar-refractivity contribution in [2.24, 2.45) is 5.92 Å².